The van der Waals surface area contributed by atoms with Gasteiger partial charge in [-0.3, -0.25) is 19.5 Å². The van der Waals surface area contributed by atoms with Gasteiger partial charge in [0.1, 0.15) is 5.69 Å². The number of nitrogens with one attached hydrogen (secondary N) is 2. The van der Waals surface area contributed by atoms with Crippen molar-refractivity contribution in [1.82, 2.24) is 25.2 Å². The van der Waals surface area contributed by atoms with Crippen LogP contribution in [0.15, 0.2) is 35.4 Å². The molecule has 0 aliphatic carbocycles. The number of halogens is 1. The second kappa shape index (κ2) is 9.26. The molecular formula is C23H27ClN6O2. The molecule has 0 bridgehead atoms. The molecule has 9 heteroatoms. The number of anilines is 1. The van der Waals surface area contributed by atoms with Gasteiger partial charge in [-0.2, -0.15) is 0 Å². The lowest BCUT2D eigenvalue weighted by atomic mass is 10.1. The molecule has 0 radical (unpaired) electrons. The number of nitrogens with zero attached hydrogens (tertiary/aromatic N) is 4. The zero-order chi connectivity index (χ0) is 22.8. The Morgan fingerprint density at radius 2 is 2.06 bits per heavy atom. The van der Waals surface area contributed by atoms with Gasteiger partial charge in [0.2, 0.25) is 0 Å². The van der Waals surface area contributed by atoms with Crippen molar-refractivity contribution in [3.63, 3.8) is 0 Å². The Kier molecular flexibility index (Phi) is 6.43. The number of aromatic amines is 1. The Morgan fingerprint density at radius 1 is 1.25 bits per heavy atom. The molecule has 1 aliphatic rings. The normalized spacial score (nSPS) is 17.0. The molecule has 1 saturated heterocycles. The maximum Gasteiger partial charge on any atom is 0.271 e. The lowest BCUT2D eigenvalue weighted by Crippen LogP contribution is -2.51. The number of hydrogen-bond donors (Lipinski definition) is 2. The van der Waals surface area contributed by atoms with Crippen LogP contribution in [0.1, 0.15) is 35.5 Å². The van der Waals surface area contributed by atoms with E-state index in [1.54, 1.807) is 19.3 Å². The Morgan fingerprint density at radius 3 is 2.75 bits per heavy atom. The maximum absolute atomic E-state index is 12.1. The quantitative estimate of drug-likeness (QED) is 0.615. The van der Waals surface area contributed by atoms with Crippen molar-refractivity contribution in [1.29, 1.82) is 0 Å². The molecule has 1 atom stereocenters. The van der Waals surface area contributed by atoms with E-state index in [1.807, 2.05) is 25.3 Å². The number of carbonyl (C=O) groups excluding carboxylic acids is 1. The predicted molar refractivity (Wildman–Crippen MR) is 126 cm³/mol. The summed E-state index contributed by atoms with van der Waals surface area (Å²) in [5.41, 5.74) is 4.50. The molecule has 2 N–H and O–H groups in total. The van der Waals surface area contributed by atoms with Crippen molar-refractivity contribution >= 4 is 34.2 Å². The number of fused-ring (bicyclic) bond motifs is 1. The first-order valence-electron chi connectivity index (χ1n) is 10.8. The van der Waals surface area contributed by atoms with Crippen molar-refractivity contribution in [2.45, 2.75) is 32.9 Å². The van der Waals surface area contributed by atoms with Crippen LogP contribution in [0, 0.1) is 0 Å². The van der Waals surface area contributed by atoms with Crippen molar-refractivity contribution in [3.05, 3.63) is 62.8 Å². The van der Waals surface area contributed by atoms with Crippen LogP contribution in [-0.2, 0) is 13.0 Å². The van der Waals surface area contributed by atoms with E-state index >= 15 is 0 Å². The summed E-state index contributed by atoms with van der Waals surface area (Å²) in [7, 11) is 1.56. The SMILES string of the molecule is CCc1cc2ncc(CN3CCN(c4cnc(C(=O)NC)c(Cl)c4)[C@@H](C)C3)cc2[nH]c1=O. The highest BCUT2D eigenvalue weighted by Gasteiger charge is 2.25. The zero-order valence-electron chi connectivity index (χ0n) is 18.5. The molecule has 1 amide bonds. The van der Waals surface area contributed by atoms with Crippen molar-refractivity contribution in [2.24, 2.45) is 0 Å². The fourth-order valence-corrected chi connectivity index (χ4v) is 4.45. The standard InChI is InChI=1S/C23H27ClN6O2/c1-4-16-8-19-20(28-22(16)31)7-15(10-26-19)13-29-5-6-30(14(2)12-29)17-9-18(24)21(27-11-17)23(32)25-3/h7-11,14H,4-6,12-13H2,1-3H3,(H,25,32)(H,28,31)/t14-/m0/s1. The Labute approximate surface area is 191 Å². The molecule has 3 aromatic rings. The van der Waals surface area contributed by atoms with E-state index in [-0.39, 0.29) is 23.2 Å². The minimum absolute atomic E-state index is 0.0455. The van der Waals surface area contributed by atoms with Crippen molar-refractivity contribution in [2.75, 3.05) is 31.6 Å². The fourth-order valence-electron chi connectivity index (χ4n) is 4.20. The van der Waals surface area contributed by atoms with Gasteiger partial charge in [-0.15, -0.1) is 0 Å². The third-order valence-electron chi connectivity index (χ3n) is 5.93. The van der Waals surface area contributed by atoms with E-state index in [4.69, 9.17) is 11.6 Å². The zero-order valence-corrected chi connectivity index (χ0v) is 19.2. The Bertz CT molecular complexity index is 1210. The summed E-state index contributed by atoms with van der Waals surface area (Å²) in [6.07, 6.45) is 4.28. The first-order valence-corrected chi connectivity index (χ1v) is 11.1. The van der Waals surface area contributed by atoms with Gasteiger partial charge in [0.05, 0.1) is 27.9 Å². The summed E-state index contributed by atoms with van der Waals surface area (Å²) in [5, 5.41) is 2.89. The van der Waals surface area contributed by atoms with Crippen LogP contribution in [0.5, 0.6) is 0 Å². The summed E-state index contributed by atoms with van der Waals surface area (Å²) in [4.78, 5) is 40.4. The van der Waals surface area contributed by atoms with Gasteiger partial charge < -0.3 is 15.2 Å². The lowest BCUT2D eigenvalue weighted by Gasteiger charge is -2.41. The first kappa shape index (κ1) is 22.2. The second-order valence-corrected chi connectivity index (χ2v) is 8.54. The smallest absolute Gasteiger partial charge is 0.271 e. The van der Waals surface area contributed by atoms with E-state index in [9.17, 15) is 9.59 Å². The van der Waals surface area contributed by atoms with Crippen molar-refractivity contribution < 1.29 is 4.79 Å². The molecule has 0 saturated carbocycles. The maximum atomic E-state index is 12.1. The average molecular weight is 455 g/mol. The first-order chi connectivity index (χ1) is 15.4. The van der Waals surface area contributed by atoms with Gasteiger partial charge in [0.15, 0.2) is 0 Å². The summed E-state index contributed by atoms with van der Waals surface area (Å²) >= 11 is 6.29. The molecule has 0 aromatic carbocycles. The minimum atomic E-state index is -0.296. The third-order valence-corrected chi connectivity index (χ3v) is 6.21. The molecule has 0 spiro atoms. The molecule has 0 unspecified atom stereocenters. The van der Waals surface area contributed by atoms with Gasteiger partial charge in [0.25, 0.3) is 11.5 Å². The van der Waals surface area contributed by atoms with E-state index < -0.39 is 0 Å². The fraction of sp³-hybridized carbons (Fsp3) is 0.391. The Balaban J connectivity index is 1.45. The van der Waals surface area contributed by atoms with E-state index in [1.165, 1.54) is 0 Å². The molecule has 32 heavy (non-hydrogen) atoms. The summed E-state index contributed by atoms with van der Waals surface area (Å²) in [5.74, 6) is -0.296. The van der Waals surface area contributed by atoms with Crippen LogP contribution < -0.4 is 15.8 Å². The van der Waals surface area contributed by atoms with Crippen LogP contribution in [0.3, 0.4) is 0 Å². The predicted octanol–water partition coefficient (Wildman–Crippen LogP) is 2.60. The van der Waals surface area contributed by atoms with E-state index in [2.05, 4.69) is 37.0 Å². The van der Waals surface area contributed by atoms with Crippen LogP contribution in [0.2, 0.25) is 5.02 Å². The molecule has 4 rings (SSSR count). The van der Waals surface area contributed by atoms with Crippen LogP contribution >= 0.6 is 11.6 Å². The number of rotatable bonds is 5. The number of H-pyrrole nitrogens is 1. The molecule has 168 valence electrons. The summed E-state index contributed by atoms with van der Waals surface area (Å²) in [6, 6.07) is 5.93. The van der Waals surface area contributed by atoms with Crippen molar-refractivity contribution in [3.8, 4) is 0 Å². The highest BCUT2D eigenvalue weighted by Crippen LogP contribution is 2.25. The lowest BCUT2D eigenvalue weighted by molar-refractivity contribution is 0.0958. The number of carbonyl (C=O) groups is 1. The van der Waals surface area contributed by atoms with E-state index in [0.717, 1.165) is 54.0 Å². The summed E-state index contributed by atoms with van der Waals surface area (Å²) < 4.78 is 0. The Hall–Kier alpha value is -2.97. The molecule has 1 fully saturated rings. The van der Waals surface area contributed by atoms with Crippen LogP contribution in [0.4, 0.5) is 5.69 Å². The average Bonchev–Trinajstić information content (AvgIpc) is 2.78. The van der Waals surface area contributed by atoms with Gasteiger partial charge in [0, 0.05) is 51.0 Å². The van der Waals surface area contributed by atoms with Gasteiger partial charge >= 0.3 is 0 Å². The molecule has 4 heterocycles. The highest BCUT2D eigenvalue weighted by atomic mass is 35.5. The van der Waals surface area contributed by atoms with Gasteiger partial charge in [-0.05, 0) is 37.1 Å². The molecular weight excluding hydrogens is 428 g/mol. The number of pyridine rings is 3. The van der Waals surface area contributed by atoms with Gasteiger partial charge in [-0.25, -0.2) is 4.98 Å². The van der Waals surface area contributed by atoms with Crippen LogP contribution in [-0.4, -0.2) is 58.5 Å². The molecule has 8 nitrogen and oxygen atoms in total. The van der Waals surface area contributed by atoms with Crippen LogP contribution in [0.25, 0.3) is 11.0 Å². The topological polar surface area (TPSA) is 94.2 Å². The molecule has 3 aromatic heterocycles. The highest BCUT2D eigenvalue weighted by molar-refractivity contribution is 6.33. The largest absolute Gasteiger partial charge is 0.365 e. The summed E-state index contributed by atoms with van der Waals surface area (Å²) in [6.45, 7) is 7.42. The third kappa shape index (κ3) is 4.47. The monoisotopic (exact) mass is 454 g/mol. The number of aromatic nitrogens is 3. The number of piperazine rings is 1. The second-order valence-electron chi connectivity index (χ2n) is 8.13. The number of hydrogen-bond acceptors (Lipinski definition) is 6. The van der Waals surface area contributed by atoms with Gasteiger partial charge in [-0.1, -0.05) is 18.5 Å². The minimum Gasteiger partial charge on any atom is -0.365 e. The molecule has 1 aliphatic heterocycles. The number of amides is 1. The number of aryl methyl sites for hydroxylation is 1. The van der Waals surface area contributed by atoms with E-state index in [0.29, 0.717) is 11.4 Å².